The van der Waals surface area contributed by atoms with Crippen LogP contribution in [0.25, 0.3) is 38.9 Å². The average Bonchev–Trinajstić information content (AvgIpc) is 3.07. The Morgan fingerprint density at radius 3 is 2.00 bits per heavy atom. The normalized spacial score (nSPS) is 11.3. The first-order valence-corrected chi connectivity index (χ1v) is 9.24. The molecule has 0 amide bonds. The molecule has 0 bridgehead atoms. The standard InChI is InChI=1S/C25H20N2/c1-17-7-11-19(12-8-17)21-15-16-27-23-6-4-3-5-22(23)26-25(27)24(21)20-13-9-18(2)10-14-20/h3-16H,1-2H3. The van der Waals surface area contributed by atoms with Crippen molar-refractivity contribution in [2.24, 2.45) is 0 Å². The van der Waals surface area contributed by atoms with Crippen LogP contribution in [0, 0.1) is 13.8 Å². The Labute approximate surface area is 158 Å². The molecule has 0 saturated heterocycles. The lowest BCUT2D eigenvalue weighted by atomic mass is 9.95. The van der Waals surface area contributed by atoms with Crippen molar-refractivity contribution >= 4 is 16.7 Å². The number of rotatable bonds is 2. The minimum Gasteiger partial charge on any atom is -0.299 e. The van der Waals surface area contributed by atoms with Crippen molar-refractivity contribution in [2.75, 3.05) is 0 Å². The molecule has 0 fully saturated rings. The summed E-state index contributed by atoms with van der Waals surface area (Å²) in [6.07, 6.45) is 2.14. The number of benzene rings is 3. The highest BCUT2D eigenvalue weighted by Crippen LogP contribution is 2.36. The van der Waals surface area contributed by atoms with E-state index >= 15 is 0 Å². The third-order valence-electron chi connectivity index (χ3n) is 5.18. The van der Waals surface area contributed by atoms with Crippen molar-refractivity contribution in [3.63, 3.8) is 0 Å². The molecule has 0 saturated carbocycles. The van der Waals surface area contributed by atoms with Gasteiger partial charge >= 0.3 is 0 Å². The van der Waals surface area contributed by atoms with E-state index < -0.39 is 0 Å². The molecule has 130 valence electrons. The van der Waals surface area contributed by atoms with Gasteiger partial charge in [-0.15, -0.1) is 0 Å². The average molecular weight is 348 g/mol. The van der Waals surface area contributed by atoms with Gasteiger partial charge in [0, 0.05) is 11.8 Å². The SMILES string of the molecule is Cc1ccc(-c2ccn3c(nc4ccccc43)c2-c2ccc(C)cc2)cc1. The lowest BCUT2D eigenvalue weighted by Gasteiger charge is -2.13. The minimum atomic E-state index is 0.998. The molecule has 3 aromatic carbocycles. The Hall–Kier alpha value is -3.39. The molecule has 2 heterocycles. The summed E-state index contributed by atoms with van der Waals surface area (Å²) in [6, 6.07) is 28.0. The van der Waals surface area contributed by atoms with Crippen molar-refractivity contribution < 1.29 is 0 Å². The van der Waals surface area contributed by atoms with Crippen LogP contribution in [0.5, 0.6) is 0 Å². The largest absolute Gasteiger partial charge is 0.299 e. The van der Waals surface area contributed by atoms with Gasteiger partial charge in [-0.25, -0.2) is 4.98 Å². The predicted octanol–water partition coefficient (Wildman–Crippen LogP) is 6.44. The van der Waals surface area contributed by atoms with E-state index in [4.69, 9.17) is 4.98 Å². The van der Waals surface area contributed by atoms with Crippen molar-refractivity contribution in [1.82, 2.24) is 9.38 Å². The maximum atomic E-state index is 4.98. The molecule has 2 nitrogen and oxygen atoms in total. The number of fused-ring (bicyclic) bond motifs is 3. The monoisotopic (exact) mass is 348 g/mol. The summed E-state index contributed by atoms with van der Waals surface area (Å²) in [7, 11) is 0. The van der Waals surface area contributed by atoms with E-state index in [9.17, 15) is 0 Å². The first kappa shape index (κ1) is 15.8. The second-order valence-electron chi connectivity index (χ2n) is 7.13. The molecule has 5 rings (SSSR count). The van der Waals surface area contributed by atoms with Crippen LogP contribution in [-0.4, -0.2) is 9.38 Å². The maximum absolute atomic E-state index is 4.98. The van der Waals surface area contributed by atoms with Gasteiger partial charge in [0.25, 0.3) is 0 Å². The Kier molecular flexibility index (Phi) is 3.58. The Morgan fingerprint density at radius 2 is 1.30 bits per heavy atom. The fraction of sp³-hybridized carbons (Fsp3) is 0.0800. The number of imidazole rings is 1. The van der Waals surface area contributed by atoms with E-state index in [1.54, 1.807) is 0 Å². The van der Waals surface area contributed by atoms with Crippen molar-refractivity contribution in [1.29, 1.82) is 0 Å². The van der Waals surface area contributed by atoms with Crippen LogP contribution in [0.15, 0.2) is 85.1 Å². The first-order chi connectivity index (χ1) is 13.2. The Morgan fingerprint density at radius 1 is 0.667 bits per heavy atom. The molecule has 0 unspecified atom stereocenters. The summed E-state index contributed by atoms with van der Waals surface area (Å²) < 4.78 is 2.20. The molecule has 0 N–H and O–H groups in total. The van der Waals surface area contributed by atoms with Crippen LogP contribution in [0.1, 0.15) is 11.1 Å². The molecule has 2 aromatic heterocycles. The van der Waals surface area contributed by atoms with Gasteiger partial charge < -0.3 is 0 Å². The quantitative estimate of drug-likeness (QED) is 0.359. The smallest absolute Gasteiger partial charge is 0.146 e. The number of aryl methyl sites for hydroxylation is 2. The molecule has 0 atom stereocenters. The highest BCUT2D eigenvalue weighted by atomic mass is 15.0. The van der Waals surface area contributed by atoms with Gasteiger partial charge in [-0.2, -0.15) is 0 Å². The number of hydrogen-bond acceptors (Lipinski definition) is 1. The van der Waals surface area contributed by atoms with Crippen LogP contribution in [0.4, 0.5) is 0 Å². The van der Waals surface area contributed by atoms with Gasteiger partial charge in [0.05, 0.1) is 11.0 Å². The van der Waals surface area contributed by atoms with Crippen LogP contribution >= 0.6 is 0 Å². The molecule has 0 aliphatic rings. The van der Waals surface area contributed by atoms with Gasteiger partial charge in [0.15, 0.2) is 0 Å². The summed E-state index contributed by atoms with van der Waals surface area (Å²) in [5, 5.41) is 0. The molecular weight excluding hydrogens is 328 g/mol. The lowest BCUT2D eigenvalue weighted by molar-refractivity contribution is 1.23. The molecule has 2 heteroatoms. The van der Waals surface area contributed by atoms with Gasteiger partial charge in [-0.1, -0.05) is 71.8 Å². The number of nitrogens with zero attached hydrogens (tertiary/aromatic N) is 2. The second-order valence-corrected chi connectivity index (χ2v) is 7.13. The van der Waals surface area contributed by atoms with Gasteiger partial charge in [0.2, 0.25) is 0 Å². The highest BCUT2D eigenvalue weighted by Gasteiger charge is 2.15. The molecule has 0 spiro atoms. The summed E-state index contributed by atoms with van der Waals surface area (Å²) in [5.74, 6) is 0. The second kappa shape index (κ2) is 6.10. The van der Waals surface area contributed by atoms with E-state index in [1.807, 2.05) is 6.07 Å². The topological polar surface area (TPSA) is 17.3 Å². The zero-order valence-corrected chi connectivity index (χ0v) is 15.5. The van der Waals surface area contributed by atoms with Crippen molar-refractivity contribution in [3.05, 3.63) is 96.2 Å². The van der Waals surface area contributed by atoms with Crippen LogP contribution in [0.2, 0.25) is 0 Å². The third-order valence-corrected chi connectivity index (χ3v) is 5.18. The Bertz CT molecular complexity index is 1260. The summed E-state index contributed by atoms with van der Waals surface area (Å²) in [6.45, 7) is 4.24. The van der Waals surface area contributed by atoms with Gasteiger partial charge in [-0.05, 0) is 48.7 Å². The van der Waals surface area contributed by atoms with Crippen LogP contribution < -0.4 is 0 Å². The zero-order chi connectivity index (χ0) is 18.4. The molecule has 5 aromatic rings. The zero-order valence-electron chi connectivity index (χ0n) is 15.5. The summed E-state index contributed by atoms with van der Waals surface area (Å²) in [5.41, 5.74) is 10.5. The molecule has 27 heavy (non-hydrogen) atoms. The van der Waals surface area contributed by atoms with Gasteiger partial charge in [0.1, 0.15) is 5.65 Å². The maximum Gasteiger partial charge on any atom is 0.146 e. The lowest BCUT2D eigenvalue weighted by Crippen LogP contribution is -1.93. The van der Waals surface area contributed by atoms with E-state index in [-0.39, 0.29) is 0 Å². The van der Waals surface area contributed by atoms with Crippen LogP contribution in [-0.2, 0) is 0 Å². The summed E-state index contributed by atoms with van der Waals surface area (Å²) >= 11 is 0. The molecule has 0 aliphatic carbocycles. The molecular formula is C25H20N2. The fourth-order valence-electron chi connectivity index (χ4n) is 3.70. The van der Waals surface area contributed by atoms with Crippen LogP contribution in [0.3, 0.4) is 0 Å². The number of aromatic nitrogens is 2. The molecule has 0 radical (unpaired) electrons. The summed E-state index contributed by atoms with van der Waals surface area (Å²) in [4.78, 5) is 4.98. The Balaban J connectivity index is 1.89. The van der Waals surface area contributed by atoms with Crippen molar-refractivity contribution in [3.8, 4) is 22.3 Å². The number of hydrogen-bond donors (Lipinski definition) is 0. The van der Waals surface area contributed by atoms with E-state index in [0.29, 0.717) is 0 Å². The van der Waals surface area contributed by atoms with E-state index in [0.717, 1.165) is 16.7 Å². The number of pyridine rings is 1. The van der Waals surface area contributed by atoms with Crippen molar-refractivity contribution in [2.45, 2.75) is 13.8 Å². The van der Waals surface area contributed by atoms with Gasteiger partial charge in [-0.3, -0.25) is 4.40 Å². The number of para-hydroxylation sites is 2. The van der Waals surface area contributed by atoms with E-state index in [1.165, 1.54) is 33.4 Å². The highest BCUT2D eigenvalue weighted by molar-refractivity contribution is 5.95. The first-order valence-electron chi connectivity index (χ1n) is 9.24. The predicted molar refractivity (Wildman–Crippen MR) is 113 cm³/mol. The molecule has 0 aliphatic heterocycles. The van der Waals surface area contributed by atoms with E-state index in [2.05, 4.69) is 97.2 Å². The minimum absolute atomic E-state index is 0.998. The fourth-order valence-corrected chi connectivity index (χ4v) is 3.70. The third kappa shape index (κ3) is 2.61.